The average molecular weight is 228 g/mol. The van der Waals surface area contributed by atoms with Crippen LogP contribution < -0.4 is 5.32 Å². The molecule has 1 atom stereocenters. The van der Waals surface area contributed by atoms with E-state index in [4.69, 9.17) is 5.26 Å². The van der Waals surface area contributed by atoms with Gasteiger partial charge in [-0.05, 0) is 50.3 Å². The highest BCUT2D eigenvalue weighted by Crippen LogP contribution is 2.30. The molecule has 1 N–H and O–H groups in total. The Morgan fingerprint density at radius 1 is 1.35 bits per heavy atom. The molecule has 1 aliphatic carbocycles. The van der Waals surface area contributed by atoms with Crippen molar-refractivity contribution >= 4 is 5.69 Å². The minimum atomic E-state index is 0.505. The Labute approximate surface area is 104 Å². The van der Waals surface area contributed by atoms with Gasteiger partial charge in [0.15, 0.2) is 0 Å². The van der Waals surface area contributed by atoms with E-state index in [0.717, 1.165) is 17.2 Å². The van der Waals surface area contributed by atoms with Crippen LogP contribution in [0.15, 0.2) is 18.2 Å². The zero-order valence-corrected chi connectivity index (χ0v) is 10.7. The molecule has 0 heterocycles. The maximum atomic E-state index is 8.92. The third-order valence-electron chi connectivity index (χ3n) is 3.86. The van der Waals surface area contributed by atoms with Gasteiger partial charge in [0.25, 0.3) is 0 Å². The summed E-state index contributed by atoms with van der Waals surface area (Å²) in [7, 11) is 0. The summed E-state index contributed by atoms with van der Waals surface area (Å²) < 4.78 is 0. The molecule has 0 bridgehead atoms. The van der Waals surface area contributed by atoms with Crippen molar-refractivity contribution in [1.82, 2.24) is 0 Å². The molecule has 0 aliphatic heterocycles. The fraction of sp³-hybridized carbons (Fsp3) is 0.533. The van der Waals surface area contributed by atoms with Gasteiger partial charge in [-0.2, -0.15) is 5.26 Å². The van der Waals surface area contributed by atoms with Crippen molar-refractivity contribution in [3.05, 3.63) is 29.3 Å². The van der Waals surface area contributed by atoms with E-state index in [1.807, 2.05) is 18.2 Å². The van der Waals surface area contributed by atoms with Crippen LogP contribution in [0.4, 0.5) is 5.69 Å². The molecule has 2 rings (SSSR count). The molecular weight excluding hydrogens is 208 g/mol. The summed E-state index contributed by atoms with van der Waals surface area (Å²) >= 11 is 0. The van der Waals surface area contributed by atoms with Gasteiger partial charge in [-0.3, -0.25) is 0 Å². The number of hydrogen-bond donors (Lipinski definition) is 1. The van der Waals surface area contributed by atoms with Gasteiger partial charge in [0, 0.05) is 11.7 Å². The van der Waals surface area contributed by atoms with Crippen molar-refractivity contribution < 1.29 is 0 Å². The quantitative estimate of drug-likeness (QED) is 0.852. The number of aryl methyl sites for hydroxylation is 1. The summed E-state index contributed by atoms with van der Waals surface area (Å²) in [6, 6.07) is 8.55. The van der Waals surface area contributed by atoms with Crippen LogP contribution in [0.2, 0.25) is 0 Å². The molecule has 1 saturated carbocycles. The lowest BCUT2D eigenvalue weighted by Crippen LogP contribution is -2.24. The monoisotopic (exact) mass is 228 g/mol. The average Bonchev–Trinajstić information content (AvgIpc) is 2.85. The summed E-state index contributed by atoms with van der Waals surface area (Å²) in [4.78, 5) is 0. The standard InChI is InChI=1S/C15H20N2/c1-11-7-8-13(10-16)9-15(11)17-12(2)14-5-3-4-6-14/h7-9,12,14,17H,3-6H2,1-2H3. The smallest absolute Gasteiger partial charge is 0.0992 e. The number of nitriles is 1. The highest BCUT2D eigenvalue weighted by atomic mass is 14.9. The van der Waals surface area contributed by atoms with E-state index in [9.17, 15) is 0 Å². The molecule has 0 amide bonds. The summed E-state index contributed by atoms with van der Waals surface area (Å²) in [6.07, 6.45) is 5.41. The first-order valence-corrected chi connectivity index (χ1v) is 6.48. The molecule has 0 spiro atoms. The zero-order valence-electron chi connectivity index (χ0n) is 10.7. The number of benzene rings is 1. The van der Waals surface area contributed by atoms with Crippen molar-refractivity contribution in [1.29, 1.82) is 5.26 Å². The van der Waals surface area contributed by atoms with Gasteiger partial charge in [0.1, 0.15) is 0 Å². The predicted octanol–water partition coefficient (Wildman–Crippen LogP) is 3.86. The Bertz CT molecular complexity index is 425. The number of nitrogens with one attached hydrogen (secondary N) is 1. The number of rotatable bonds is 3. The van der Waals surface area contributed by atoms with E-state index in [0.29, 0.717) is 6.04 Å². The van der Waals surface area contributed by atoms with Gasteiger partial charge >= 0.3 is 0 Å². The zero-order chi connectivity index (χ0) is 12.3. The molecule has 17 heavy (non-hydrogen) atoms. The second-order valence-corrected chi connectivity index (χ2v) is 5.12. The second kappa shape index (κ2) is 5.23. The van der Waals surface area contributed by atoms with E-state index in [1.54, 1.807) is 0 Å². The van der Waals surface area contributed by atoms with Crippen molar-refractivity contribution in [3.8, 4) is 6.07 Å². The minimum Gasteiger partial charge on any atom is -0.382 e. The van der Waals surface area contributed by atoms with Crippen LogP contribution in [0.5, 0.6) is 0 Å². The fourth-order valence-corrected chi connectivity index (χ4v) is 2.67. The Balaban J connectivity index is 2.09. The SMILES string of the molecule is Cc1ccc(C#N)cc1NC(C)C1CCCC1. The van der Waals surface area contributed by atoms with Crippen LogP contribution in [0.25, 0.3) is 0 Å². The maximum absolute atomic E-state index is 8.92. The van der Waals surface area contributed by atoms with Crippen molar-refractivity contribution in [2.75, 3.05) is 5.32 Å². The van der Waals surface area contributed by atoms with E-state index < -0.39 is 0 Å². The molecule has 2 nitrogen and oxygen atoms in total. The highest BCUT2D eigenvalue weighted by Gasteiger charge is 2.21. The topological polar surface area (TPSA) is 35.8 Å². The normalized spacial score (nSPS) is 17.7. The van der Waals surface area contributed by atoms with Gasteiger partial charge < -0.3 is 5.32 Å². The Morgan fingerprint density at radius 2 is 2.06 bits per heavy atom. The molecule has 0 saturated heterocycles. The first kappa shape index (κ1) is 12.0. The van der Waals surface area contributed by atoms with Crippen LogP contribution in [-0.4, -0.2) is 6.04 Å². The lowest BCUT2D eigenvalue weighted by atomic mass is 9.99. The van der Waals surface area contributed by atoms with Gasteiger partial charge in [0.05, 0.1) is 11.6 Å². The molecule has 1 aromatic rings. The van der Waals surface area contributed by atoms with E-state index >= 15 is 0 Å². The van der Waals surface area contributed by atoms with Gasteiger partial charge in [-0.15, -0.1) is 0 Å². The Hall–Kier alpha value is -1.49. The van der Waals surface area contributed by atoms with Crippen LogP contribution in [0.1, 0.15) is 43.7 Å². The lowest BCUT2D eigenvalue weighted by Gasteiger charge is -2.22. The molecular formula is C15H20N2. The molecule has 1 unspecified atom stereocenters. The number of nitrogens with zero attached hydrogens (tertiary/aromatic N) is 1. The Kier molecular flexibility index (Phi) is 3.68. The van der Waals surface area contributed by atoms with Gasteiger partial charge in [0.2, 0.25) is 0 Å². The molecule has 0 radical (unpaired) electrons. The van der Waals surface area contributed by atoms with Gasteiger partial charge in [-0.1, -0.05) is 18.9 Å². The highest BCUT2D eigenvalue weighted by molar-refractivity contribution is 5.55. The van der Waals surface area contributed by atoms with Crippen LogP contribution >= 0.6 is 0 Å². The summed E-state index contributed by atoms with van der Waals surface area (Å²) in [6.45, 7) is 4.35. The summed E-state index contributed by atoms with van der Waals surface area (Å²) in [5, 5.41) is 12.5. The van der Waals surface area contributed by atoms with Crippen LogP contribution in [0.3, 0.4) is 0 Å². The first-order chi connectivity index (χ1) is 8.20. The number of anilines is 1. The van der Waals surface area contributed by atoms with Crippen LogP contribution in [0, 0.1) is 24.2 Å². The third kappa shape index (κ3) is 2.79. The van der Waals surface area contributed by atoms with Gasteiger partial charge in [-0.25, -0.2) is 0 Å². The Morgan fingerprint density at radius 3 is 2.71 bits per heavy atom. The van der Waals surface area contributed by atoms with Crippen LogP contribution in [-0.2, 0) is 0 Å². The molecule has 90 valence electrons. The molecule has 2 heteroatoms. The summed E-state index contributed by atoms with van der Waals surface area (Å²) in [5.41, 5.74) is 3.06. The van der Waals surface area contributed by atoms with Crippen molar-refractivity contribution in [2.24, 2.45) is 5.92 Å². The predicted molar refractivity (Wildman–Crippen MR) is 70.9 cm³/mol. The maximum Gasteiger partial charge on any atom is 0.0992 e. The largest absolute Gasteiger partial charge is 0.382 e. The molecule has 1 aliphatic rings. The number of hydrogen-bond acceptors (Lipinski definition) is 2. The summed E-state index contributed by atoms with van der Waals surface area (Å²) in [5.74, 6) is 0.792. The lowest BCUT2D eigenvalue weighted by molar-refractivity contribution is 0.482. The first-order valence-electron chi connectivity index (χ1n) is 6.48. The van der Waals surface area contributed by atoms with E-state index in [1.165, 1.54) is 31.2 Å². The van der Waals surface area contributed by atoms with E-state index in [-0.39, 0.29) is 0 Å². The molecule has 0 aromatic heterocycles. The fourth-order valence-electron chi connectivity index (χ4n) is 2.67. The van der Waals surface area contributed by atoms with Crippen molar-refractivity contribution in [3.63, 3.8) is 0 Å². The minimum absolute atomic E-state index is 0.505. The second-order valence-electron chi connectivity index (χ2n) is 5.12. The third-order valence-corrected chi connectivity index (χ3v) is 3.86. The molecule has 1 fully saturated rings. The van der Waals surface area contributed by atoms with E-state index in [2.05, 4.69) is 25.2 Å². The van der Waals surface area contributed by atoms with Crippen molar-refractivity contribution in [2.45, 2.75) is 45.6 Å². The molecule has 1 aromatic carbocycles.